The minimum absolute atomic E-state index is 0.209. The molecule has 0 spiro atoms. The molecule has 0 aliphatic carbocycles. The van der Waals surface area contributed by atoms with Crippen molar-refractivity contribution in [2.24, 2.45) is 0 Å². The topological polar surface area (TPSA) is 40.5 Å². The lowest BCUT2D eigenvalue weighted by Gasteiger charge is -2.17. The third-order valence-electron chi connectivity index (χ3n) is 2.09. The highest BCUT2D eigenvalue weighted by molar-refractivity contribution is 7.80. The molecule has 0 amide bonds. The van der Waals surface area contributed by atoms with E-state index in [4.69, 9.17) is 0 Å². The molecule has 1 aromatic rings. The van der Waals surface area contributed by atoms with E-state index in [1.54, 1.807) is 0 Å². The van der Waals surface area contributed by atoms with Crippen LogP contribution in [0.2, 0.25) is 0 Å². The second-order valence-corrected chi connectivity index (χ2v) is 3.61. The lowest BCUT2D eigenvalue weighted by Crippen LogP contribution is -2.20. The fourth-order valence-electron chi connectivity index (χ4n) is 1.25. The van der Waals surface area contributed by atoms with Crippen LogP contribution in [-0.4, -0.2) is 22.1 Å². The van der Waals surface area contributed by atoms with Crippen LogP contribution in [0.3, 0.4) is 0 Å². The van der Waals surface area contributed by atoms with E-state index in [0.29, 0.717) is 5.75 Å². The molecule has 1 aromatic carbocycles. The molecule has 2 N–H and O–H groups in total. The van der Waals surface area contributed by atoms with E-state index in [2.05, 4.69) is 12.6 Å². The quantitative estimate of drug-likeness (QED) is 0.694. The summed E-state index contributed by atoms with van der Waals surface area (Å²) < 4.78 is 26.0. The van der Waals surface area contributed by atoms with E-state index in [0.717, 1.165) is 6.07 Å². The summed E-state index contributed by atoms with van der Waals surface area (Å²) >= 11 is 3.87. The monoisotopic (exact) mass is 234 g/mol. The van der Waals surface area contributed by atoms with Gasteiger partial charge in [-0.2, -0.15) is 12.6 Å². The van der Waals surface area contributed by atoms with Gasteiger partial charge in [0.25, 0.3) is 0 Å². The van der Waals surface area contributed by atoms with Crippen LogP contribution >= 0.6 is 12.6 Å². The molecule has 5 heteroatoms. The van der Waals surface area contributed by atoms with Crippen molar-refractivity contribution in [3.63, 3.8) is 0 Å². The minimum atomic E-state index is -1.42. The molecule has 84 valence electrons. The second-order valence-electron chi connectivity index (χ2n) is 3.17. The zero-order chi connectivity index (χ0) is 11.4. The van der Waals surface area contributed by atoms with Gasteiger partial charge in [0.15, 0.2) is 11.6 Å². The predicted molar refractivity (Wildman–Crippen MR) is 55.8 cm³/mol. The SMILES string of the molecule is OC(CCS)C(O)c1cccc(F)c1F. The van der Waals surface area contributed by atoms with E-state index in [9.17, 15) is 19.0 Å². The maximum atomic E-state index is 13.2. The van der Waals surface area contributed by atoms with Crippen molar-refractivity contribution in [2.75, 3.05) is 5.75 Å². The van der Waals surface area contributed by atoms with Gasteiger partial charge in [-0.05, 0) is 18.2 Å². The highest BCUT2D eigenvalue weighted by Crippen LogP contribution is 2.23. The first kappa shape index (κ1) is 12.4. The Kier molecular flexibility index (Phi) is 4.50. The first-order chi connectivity index (χ1) is 7.07. The van der Waals surface area contributed by atoms with Gasteiger partial charge in [-0.15, -0.1) is 0 Å². The lowest BCUT2D eigenvalue weighted by atomic mass is 10.0. The fourth-order valence-corrected chi connectivity index (χ4v) is 1.51. The summed E-state index contributed by atoms with van der Waals surface area (Å²) in [5.41, 5.74) is -0.232. The summed E-state index contributed by atoms with van der Waals surface area (Å²) in [4.78, 5) is 0. The number of aliphatic hydroxyl groups is 2. The van der Waals surface area contributed by atoms with Gasteiger partial charge in [0.2, 0.25) is 0 Å². The lowest BCUT2D eigenvalue weighted by molar-refractivity contribution is 0.0148. The number of thiol groups is 1. The zero-order valence-corrected chi connectivity index (χ0v) is 8.79. The van der Waals surface area contributed by atoms with Gasteiger partial charge in [-0.25, -0.2) is 8.78 Å². The van der Waals surface area contributed by atoms with E-state index < -0.39 is 23.8 Å². The van der Waals surface area contributed by atoms with Gasteiger partial charge < -0.3 is 10.2 Å². The third kappa shape index (κ3) is 2.90. The summed E-state index contributed by atoms with van der Waals surface area (Å²) in [6.07, 6.45) is -2.35. The average Bonchev–Trinajstić information content (AvgIpc) is 2.21. The normalized spacial score (nSPS) is 15.0. The minimum Gasteiger partial charge on any atom is -0.390 e. The van der Waals surface area contributed by atoms with Crippen molar-refractivity contribution >= 4 is 12.6 Å². The molecule has 0 aliphatic heterocycles. The Labute approximate surface area is 92.0 Å². The predicted octanol–water partition coefficient (Wildman–Crippen LogP) is 1.68. The van der Waals surface area contributed by atoms with Crippen molar-refractivity contribution in [1.82, 2.24) is 0 Å². The van der Waals surface area contributed by atoms with Crippen molar-refractivity contribution in [2.45, 2.75) is 18.6 Å². The van der Waals surface area contributed by atoms with Crippen LogP contribution in [-0.2, 0) is 0 Å². The standard InChI is InChI=1S/C10H12F2O2S/c11-7-3-1-2-6(9(7)12)10(14)8(13)4-5-15/h1-3,8,10,13-15H,4-5H2. The summed E-state index contributed by atoms with van der Waals surface area (Å²) in [5.74, 6) is -1.80. The van der Waals surface area contributed by atoms with Crippen LogP contribution in [0.15, 0.2) is 18.2 Å². The summed E-state index contributed by atoms with van der Waals surface area (Å²) in [7, 11) is 0. The maximum Gasteiger partial charge on any atom is 0.164 e. The number of rotatable bonds is 4. The van der Waals surface area contributed by atoms with Crippen molar-refractivity contribution in [3.05, 3.63) is 35.4 Å². The third-order valence-corrected chi connectivity index (χ3v) is 2.35. The molecule has 0 radical (unpaired) electrons. The summed E-state index contributed by atoms with van der Waals surface area (Å²) in [5, 5.41) is 18.9. The van der Waals surface area contributed by atoms with Crippen molar-refractivity contribution in [1.29, 1.82) is 0 Å². The molecule has 0 saturated heterocycles. The molecule has 1 rings (SSSR count). The average molecular weight is 234 g/mol. The number of benzene rings is 1. The maximum absolute atomic E-state index is 13.2. The molecular weight excluding hydrogens is 222 g/mol. The molecule has 2 unspecified atom stereocenters. The van der Waals surface area contributed by atoms with E-state index in [-0.39, 0.29) is 12.0 Å². The van der Waals surface area contributed by atoms with Gasteiger partial charge in [-0.1, -0.05) is 12.1 Å². The van der Waals surface area contributed by atoms with Crippen LogP contribution < -0.4 is 0 Å². The Hall–Kier alpha value is -0.650. The number of halogens is 2. The van der Waals surface area contributed by atoms with Gasteiger partial charge in [-0.3, -0.25) is 0 Å². The number of hydrogen-bond acceptors (Lipinski definition) is 3. The number of aliphatic hydroxyl groups excluding tert-OH is 2. The van der Waals surface area contributed by atoms with Crippen LogP contribution in [0.5, 0.6) is 0 Å². The Morgan fingerprint density at radius 2 is 1.93 bits per heavy atom. The highest BCUT2D eigenvalue weighted by atomic mass is 32.1. The van der Waals surface area contributed by atoms with Crippen molar-refractivity contribution in [3.8, 4) is 0 Å². The molecule has 0 aliphatic rings. The number of hydrogen-bond donors (Lipinski definition) is 3. The van der Waals surface area contributed by atoms with Crippen molar-refractivity contribution < 1.29 is 19.0 Å². The first-order valence-corrected chi connectivity index (χ1v) is 5.12. The van der Waals surface area contributed by atoms with Crippen LogP contribution in [0.1, 0.15) is 18.1 Å². The van der Waals surface area contributed by atoms with Crippen LogP contribution in [0.25, 0.3) is 0 Å². The van der Waals surface area contributed by atoms with Crippen LogP contribution in [0.4, 0.5) is 8.78 Å². The first-order valence-electron chi connectivity index (χ1n) is 4.48. The largest absolute Gasteiger partial charge is 0.390 e. The Morgan fingerprint density at radius 3 is 2.53 bits per heavy atom. The Balaban J connectivity index is 2.90. The zero-order valence-electron chi connectivity index (χ0n) is 7.90. The molecule has 0 saturated carbocycles. The molecule has 0 bridgehead atoms. The molecule has 15 heavy (non-hydrogen) atoms. The van der Waals surface area contributed by atoms with Gasteiger partial charge in [0.05, 0.1) is 6.10 Å². The summed E-state index contributed by atoms with van der Waals surface area (Å²) in [6, 6.07) is 3.48. The van der Waals surface area contributed by atoms with E-state index in [1.807, 2.05) is 0 Å². The fraction of sp³-hybridized carbons (Fsp3) is 0.400. The van der Waals surface area contributed by atoms with E-state index >= 15 is 0 Å². The Morgan fingerprint density at radius 1 is 1.27 bits per heavy atom. The van der Waals surface area contributed by atoms with E-state index in [1.165, 1.54) is 12.1 Å². The van der Waals surface area contributed by atoms with Gasteiger partial charge in [0, 0.05) is 5.56 Å². The highest BCUT2D eigenvalue weighted by Gasteiger charge is 2.22. The second kappa shape index (κ2) is 5.44. The Bertz CT molecular complexity index is 333. The smallest absolute Gasteiger partial charge is 0.164 e. The molecule has 2 nitrogen and oxygen atoms in total. The van der Waals surface area contributed by atoms with Gasteiger partial charge >= 0.3 is 0 Å². The molecule has 0 fully saturated rings. The molecular formula is C10H12F2O2S. The van der Waals surface area contributed by atoms with Crippen LogP contribution in [0, 0.1) is 11.6 Å². The molecule has 2 atom stereocenters. The molecule has 0 aromatic heterocycles. The summed E-state index contributed by atoms with van der Waals surface area (Å²) in [6.45, 7) is 0. The van der Waals surface area contributed by atoms with Gasteiger partial charge in [0.1, 0.15) is 6.10 Å². The molecule has 0 heterocycles.